The van der Waals surface area contributed by atoms with Crippen LogP contribution in [0.5, 0.6) is 0 Å². The maximum atomic E-state index is 6.22. The molecule has 0 aliphatic carbocycles. The molecule has 0 aliphatic rings. The summed E-state index contributed by atoms with van der Waals surface area (Å²) in [6.07, 6.45) is 0. The number of nitrogens with zero attached hydrogens (tertiary/aromatic N) is 1. The van der Waals surface area contributed by atoms with E-state index in [4.69, 9.17) is 9.40 Å². The molecule has 2 heteroatoms. The molecule has 2 aromatic heterocycles. The minimum Gasteiger partial charge on any atom is -0.460 e. The molecular weight excluding hydrogens is 354 g/mol. The van der Waals surface area contributed by atoms with Crippen LogP contribution in [0.15, 0.2) is 65.1 Å². The highest BCUT2D eigenvalue weighted by atomic mass is 16.3. The normalized spacial score (nSPS) is 12.3. The summed E-state index contributed by atoms with van der Waals surface area (Å²) >= 11 is 0. The molecule has 0 aliphatic heterocycles. The molecule has 0 saturated heterocycles. The predicted octanol–water partition coefficient (Wildman–Crippen LogP) is 7.72. The van der Waals surface area contributed by atoms with Crippen LogP contribution in [-0.2, 0) is 5.41 Å². The average Bonchev–Trinajstić information content (AvgIpc) is 3.01. The summed E-state index contributed by atoms with van der Waals surface area (Å²) in [5, 5.41) is 4.74. The van der Waals surface area contributed by atoms with Gasteiger partial charge in [-0.05, 0) is 59.9 Å². The van der Waals surface area contributed by atoms with Crippen LogP contribution in [0, 0.1) is 13.8 Å². The second-order valence-corrected chi connectivity index (χ2v) is 8.96. The van der Waals surface area contributed by atoms with Crippen LogP contribution in [0.4, 0.5) is 0 Å². The lowest BCUT2D eigenvalue weighted by atomic mass is 9.82. The standard InChI is InChI=1S/C27H25NO/c1-16-17(2)29-26-21-12-8-9-13-23(21)28-25(24(16)26)19-14-18-10-6-7-11-20(18)22(15-19)27(3,4)5/h6-15H,1-5H3. The number of pyridine rings is 1. The van der Waals surface area contributed by atoms with Crippen molar-refractivity contribution in [2.24, 2.45) is 0 Å². The van der Waals surface area contributed by atoms with Crippen molar-refractivity contribution in [3.63, 3.8) is 0 Å². The molecule has 0 amide bonds. The molecule has 2 nitrogen and oxygen atoms in total. The van der Waals surface area contributed by atoms with Gasteiger partial charge in [-0.25, -0.2) is 4.98 Å². The van der Waals surface area contributed by atoms with Crippen molar-refractivity contribution in [3.8, 4) is 11.3 Å². The van der Waals surface area contributed by atoms with Gasteiger partial charge < -0.3 is 4.42 Å². The van der Waals surface area contributed by atoms with E-state index in [1.54, 1.807) is 0 Å². The maximum Gasteiger partial charge on any atom is 0.146 e. The molecule has 0 atom stereocenters. The van der Waals surface area contributed by atoms with Crippen molar-refractivity contribution in [2.45, 2.75) is 40.0 Å². The Morgan fingerprint density at radius 1 is 0.828 bits per heavy atom. The first-order valence-electron chi connectivity index (χ1n) is 10.2. The summed E-state index contributed by atoms with van der Waals surface area (Å²) in [6, 6.07) is 21.5. The Morgan fingerprint density at radius 2 is 1.52 bits per heavy atom. The van der Waals surface area contributed by atoms with E-state index in [2.05, 4.69) is 76.2 Å². The molecule has 0 fully saturated rings. The van der Waals surface area contributed by atoms with E-state index >= 15 is 0 Å². The van der Waals surface area contributed by atoms with Gasteiger partial charge in [0.15, 0.2) is 0 Å². The smallest absolute Gasteiger partial charge is 0.146 e. The number of hydrogen-bond donors (Lipinski definition) is 0. The Bertz CT molecular complexity index is 1400. The molecule has 0 unspecified atom stereocenters. The van der Waals surface area contributed by atoms with Crippen molar-refractivity contribution >= 4 is 32.6 Å². The third-order valence-electron chi connectivity index (χ3n) is 5.95. The molecule has 29 heavy (non-hydrogen) atoms. The summed E-state index contributed by atoms with van der Waals surface area (Å²) in [5.41, 5.74) is 6.59. The highest BCUT2D eigenvalue weighted by Gasteiger charge is 2.22. The Hall–Kier alpha value is -3.13. The topological polar surface area (TPSA) is 26.0 Å². The Kier molecular flexibility index (Phi) is 3.82. The van der Waals surface area contributed by atoms with Gasteiger partial charge in [-0.2, -0.15) is 0 Å². The monoisotopic (exact) mass is 379 g/mol. The first-order chi connectivity index (χ1) is 13.8. The van der Waals surface area contributed by atoms with E-state index in [0.717, 1.165) is 38.9 Å². The van der Waals surface area contributed by atoms with Crippen LogP contribution in [0.1, 0.15) is 37.7 Å². The molecule has 0 bridgehead atoms. The van der Waals surface area contributed by atoms with Crippen LogP contribution in [-0.4, -0.2) is 4.98 Å². The van der Waals surface area contributed by atoms with E-state index in [9.17, 15) is 0 Å². The molecule has 2 heterocycles. The zero-order valence-corrected chi connectivity index (χ0v) is 17.6. The van der Waals surface area contributed by atoms with Crippen molar-refractivity contribution in [2.75, 3.05) is 0 Å². The largest absolute Gasteiger partial charge is 0.460 e. The number of aromatic nitrogens is 1. The average molecular weight is 380 g/mol. The zero-order chi connectivity index (χ0) is 20.3. The fourth-order valence-electron chi connectivity index (χ4n) is 4.32. The number of furan rings is 1. The number of benzene rings is 3. The molecule has 0 N–H and O–H groups in total. The summed E-state index contributed by atoms with van der Waals surface area (Å²) in [5.74, 6) is 0.955. The minimum absolute atomic E-state index is 0.0347. The second kappa shape index (κ2) is 6.18. The number of aryl methyl sites for hydroxylation is 2. The zero-order valence-electron chi connectivity index (χ0n) is 17.6. The van der Waals surface area contributed by atoms with Gasteiger partial charge in [0.05, 0.1) is 16.6 Å². The number of hydrogen-bond acceptors (Lipinski definition) is 2. The molecule has 144 valence electrons. The molecular formula is C27H25NO. The fraction of sp³-hybridized carbons (Fsp3) is 0.222. The van der Waals surface area contributed by atoms with Crippen LogP contribution in [0.2, 0.25) is 0 Å². The summed E-state index contributed by atoms with van der Waals surface area (Å²) in [4.78, 5) is 5.12. The van der Waals surface area contributed by atoms with E-state index in [0.29, 0.717) is 0 Å². The van der Waals surface area contributed by atoms with Crippen LogP contribution in [0.3, 0.4) is 0 Å². The van der Waals surface area contributed by atoms with Gasteiger partial charge in [0.2, 0.25) is 0 Å². The molecule has 3 aromatic carbocycles. The fourth-order valence-corrected chi connectivity index (χ4v) is 4.32. The third-order valence-corrected chi connectivity index (χ3v) is 5.95. The van der Waals surface area contributed by atoms with Crippen LogP contribution >= 0.6 is 0 Å². The maximum absolute atomic E-state index is 6.22. The highest BCUT2D eigenvalue weighted by Crippen LogP contribution is 2.40. The van der Waals surface area contributed by atoms with Crippen molar-refractivity contribution in [1.29, 1.82) is 0 Å². The summed E-state index contributed by atoms with van der Waals surface area (Å²) < 4.78 is 6.22. The summed E-state index contributed by atoms with van der Waals surface area (Å²) in [6.45, 7) is 11.0. The van der Waals surface area contributed by atoms with Crippen LogP contribution < -0.4 is 0 Å². The predicted molar refractivity (Wildman–Crippen MR) is 123 cm³/mol. The Morgan fingerprint density at radius 3 is 2.28 bits per heavy atom. The van der Waals surface area contributed by atoms with E-state index in [1.807, 2.05) is 19.1 Å². The number of rotatable bonds is 1. The third kappa shape index (κ3) is 2.74. The second-order valence-electron chi connectivity index (χ2n) is 8.96. The number of para-hydroxylation sites is 1. The quantitative estimate of drug-likeness (QED) is 0.298. The first-order valence-corrected chi connectivity index (χ1v) is 10.2. The van der Waals surface area contributed by atoms with Gasteiger partial charge in [-0.15, -0.1) is 0 Å². The molecule has 0 spiro atoms. The van der Waals surface area contributed by atoms with Gasteiger partial charge >= 0.3 is 0 Å². The van der Waals surface area contributed by atoms with Gasteiger partial charge in [0, 0.05) is 16.5 Å². The van der Waals surface area contributed by atoms with E-state index < -0.39 is 0 Å². The van der Waals surface area contributed by atoms with E-state index in [-0.39, 0.29) is 5.41 Å². The molecule has 5 aromatic rings. The summed E-state index contributed by atoms with van der Waals surface area (Å²) in [7, 11) is 0. The molecule has 0 radical (unpaired) electrons. The lowest BCUT2D eigenvalue weighted by Crippen LogP contribution is -2.12. The SMILES string of the molecule is Cc1oc2c(c(-c3cc(C(C)(C)C)c4ccccc4c3)nc3ccccc32)c1C. The van der Waals surface area contributed by atoms with Gasteiger partial charge in [0.25, 0.3) is 0 Å². The van der Waals surface area contributed by atoms with Gasteiger partial charge in [-0.3, -0.25) is 0 Å². The van der Waals surface area contributed by atoms with Crippen molar-refractivity contribution < 1.29 is 4.42 Å². The first kappa shape index (κ1) is 17.9. The van der Waals surface area contributed by atoms with Crippen molar-refractivity contribution in [1.82, 2.24) is 4.98 Å². The highest BCUT2D eigenvalue weighted by molar-refractivity contribution is 6.10. The minimum atomic E-state index is 0.0347. The number of fused-ring (bicyclic) bond motifs is 4. The molecule has 0 saturated carbocycles. The van der Waals surface area contributed by atoms with Crippen molar-refractivity contribution in [3.05, 3.63) is 77.6 Å². The van der Waals surface area contributed by atoms with E-state index in [1.165, 1.54) is 21.9 Å². The Labute approximate surface area is 171 Å². The Balaban J connectivity index is 1.94. The van der Waals surface area contributed by atoms with Gasteiger partial charge in [0.1, 0.15) is 11.3 Å². The van der Waals surface area contributed by atoms with Gasteiger partial charge in [-0.1, -0.05) is 57.2 Å². The van der Waals surface area contributed by atoms with Crippen LogP contribution in [0.25, 0.3) is 43.9 Å². The lowest BCUT2D eigenvalue weighted by Gasteiger charge is -2.23. The lowest BCUT2D eigenvalue weighted by molar-refractivity contribution is 0.578. The molecule has 5 rings (SSSR count).